The Kier molecular flexibility index (Phi) is 8.15. The lowest BCUT2D eigenvalue weighted by atomic mass is 10.2. The minimum atomic E-state index is -0.488. The number of halogens is 1. The van der Waals surface area contributed by atoms with Gasteiger partial charge in [-0.25, -0.2) is 9.55 Å². The average Bonchev–Trinajstić information content (AvgIpc) is 3.18. The van der Waals surface area contributed by atoms with Gasteiger partial charge in [-0.1, -0.05) is 6.07 Å². The summed E-state index contributed by atoms with van der Waals surface area (Å²) < 4.78 is 2.15. The number of benzene rings is 1. The molecule has 1 aromatic carbocycles. The molecule has 0 saturated heterocycles. The zero-order chi connectivity index (χ0) is 19.1. The first-order chi connectivity index (χ1) is 13.2. The molecule has 0 fully saturated rings. The average molecular weight is 463 g/mol. The van der Waals surface area contributed by atoms with Gasteiger partial charge in [-0.2, -0.15) is 0 Å². The molecule has 0 N–H and O–H groups in total. The van der Waals surface area contributed by atoms with Gasteiger partial charge >= 0.3 is 5.00 Å². The molecule has 0 spiro atoms. The van der Waals surface area contributed by atoms with Gasteiger partial charge in [-0.15, -0.1) is 10.2 Å². The van der Waals surface area contributed by atoms with Gasteiger partial charge in [-0.05, 0) is 42.5 Å². The molecule has 0 atom stereocenters. The van der Waals surface area contributed by atoms with Crippen LogP contribution in [0.4, 0.5) is 21.5 Å². The summed E-state index contributed by atoms with van der Waals surface area (Å²) in [4.78, 5) is 16.3. The van der Waals surface area contributed by atoms with Crippen molar-refractivity contribution in [2.24, 2.45) is 10.2 Å². The first-order valence-electron chi connectivity index (χ1n) is 8.47. The third-order valence-electron chi connectivity index (χ3n) is 3.91. The molecule has 0 aliphatic carbocycles. The summed E-state index contributed by atoms with van der Waals surface area (Å²) in [6, 6.07) is 13.8. The molecule has 8 nitrogen and oxygen atoms in total. The maximum absolute atomic E-state index is 10.7. The SMILES string of the molecule is CCN(CC[n+]1ccccc1)c1ccc(/N=N/c2ncc([N+](=O)[O-])s2)cc1.[Br-]. The number of azo groups is 1. The third-order valence-corrected chi connectivity index (χ3v) is 4.75. The molecule has 3 rings (SSSR count). The minimum absolute atomic E-state index is 0. The van der Waals surface area contributed by atoms with E-state index in [9.17, 15) is 10.1 Å². The lowest BCUT2D eigenvalue weighted by Gasteiger charge is -2.21. The molecule has 0 bridgehead atoms. The van der Waals surface area contributed by atoms with Crippen LogP contribution in [-0.2, 0) is 6.54 Å². The fourth-order valence-corrected chi connectivity index (χ4v) is 3.06. The maximum Gasteiger partial charge on any atom is 0.345 e. The molecular formula is C18H19BrN6O2S. The third kappa shape index (κ3) is 5.89. The van der Waals surface area contributed by atoms with E-state index >= 15 is 0 Å². The van der Waals surface area contributed by atoms with Crippen LogP contribution in [0.25, 0.3) is 0 Å². The zero-order valence-electron chi connectivity index (χ0n) is 15.2. The molecule has 146 valence electrons. The van der Waals surface area contributed by atoms with E-state index in [1.54, 1.807) is 0 Å². The van der Waals surface area contributed by atoms with Gasteiger partial charge in [0.05, 0.1) is 17.2 Å². The van der Waals surface area contributed by atoms with Gasteiger partial charge in [-0.3, -0.25) is 10.1 Å². The molecule has 0 aliphatic rings. The molecule has 10 heteroatoms. The van der Waals surface area contributed by atoms with E-state index in [2.05, 4.69) is 44.0 Å². The van der Waals surface area contributed by atoms with Crippen molar-refractivity contribution >= 4 is 32.8 Å². The molecule has 0 unspecified atom stereocenters. The summed E-state index contributed by atoms with van der Waals surface area (Å²) in [5, 5.41) is 18.9. The number of likely N-dealkylation sites (N-methyl/N-ethyl adjacent to an activating group) is 1. The van der Waals surface area contributed by atoms with Crippen LogP contribution in [0.1, 0.15) is 6.92 Å². The van der Waals surface area contributed by atoms with E-state index in [1.165, 1.54) is 6.20 Å². The number of nitro groups is 1. The zero-order valence-corrected chi connectivity index (χ0v) is 17.6. The van der Waals surface area contributed by atoms with E-state index in [4.69, 9.17) is 0 Å². The van der Waals surface area contributed by atoms with E-state index in [1.807, 2.05) is 42.5 Å². The fraction of sp³-hybridized carbons (Fsp3) is 0.222. The predicted molar refractivity (Wildman–Crippen MR) is 104 cm³/mol. The van der Waals surface area contributed by atoms with Gasteiger partial charge in [0.1, 0.15) is 6.20 Å². The van der Waals surface area contributed by atoms with Crippen LogP contribution in [0.5, 0.6) is 0 Å². The largest absolute Gasteiger partial charge is 1.00 e. The van der Waals surface area contributed by atoms with Crippen molar-refractivity contribution in [3.8, 4) is 0 Å². The Morgan fingerprint density at radius 1 is 1.18 bits per heavy atom. The Morgan fingerprint density at radius 2 is 1.89 bits per heavy atom. The smallest absolute Gasteiger partial charge is 0.345 e. The molecule has 0 saturated carbocycles. The Hall–Kier alpha value is -2.72. The van der Waals surface area contributed by atoms with Crippen LogP contribution in [0.15, 0.2) is 71.3 Å². The Bertz CT molecular complexity index is 917. The van der Waals surface area contributed by atoms with E-state index in [0.29, 0.717) is 5.69 Å². The highest BCUT2D eigenvalue weighted by Crippen LogP contribution is 2.29. The second-order valence-electron chi connectivity index (χ2n) is 5.65. The standard InChI is InChI=1S/C18H19N6O2S.BrH/c1-2-23(13-12-22-10-4-3-5-11-22)16-8-6-15(7-9-16)20-21-18-19-14-17(27-18)24(25)26;/h3-11,14H,2,12-13H2,1H3;1H/q+1;/p-1/b21-20+;. The molecule has 2 aromatic heterocycles. The van der Waals surface area contributed by atoms with Gasteiger partial charge in [0, 0.05) is 24.4 Å². The van der Waals surface area contributed by atoms with Gasteiger partial charge < -0.3 is 21.9 Å². The van der Waals surface area contributed by atoms with Gasteiger partial charge in [0.2, 0.25) is 5.13 Å². The van der Waals surface area contributed by atoms with Crippen LogP contribution >= 0.6 is 11.3 Å². The van der Waals surface area contributed by atoms with Gasteiger partial charge in [0.25, 0.3) is 0 Å². The van der Waals surface area contributed by atoms with Crippen molar-refractivity contribution in [3.63, 3.8) is 0 Å². The molecule has 0 aliphatic heterocycles. The number of hydrogen-bond donors (Lipinski definition) is 0. The monoisotopic (exact) mass is 462 g/mol. The van der Waals surface area contributed by atoms with Crippen molar-refractivity contribution in [1.29, 1.82) is 0 Å². The first kappa shape index (κ1) is 21.6. The lowest BCUT2D eigenvalue weighted by molar-refractivity contribution is -0.694. The molecule has 3 aromatic rings. The second-order valence-corrected chi connectivity index (χ2v) is 6.64. The summed E-state index contributed by atoms with van der Waals surface area (Å²) in [6.45, 7) is 4.82. The van der Waals surface area contributed by atoms with Crippen LogP contribution in [0.2, 0.25) is 0 Å². The van der Waals surface area contributed by atoms with Crippen LogP contribution in [0.3, 0.4) is 0 Å². The number of aromatic nitrogens is 2. The Labute approximate surface area is 177 Å². The van der Waals surface area contributed by atoms with Crippen molar-refractivity contribution in [2.75, 3.05) is 18.0 Å². The minimum Gasteiger partial charge on any atom is -1.00 e. The molecule has 28 heavy (non-hydrogen) atoms. The second kappa shape index (κ2) is 10.6. The normalized spacial score (nSPS) is 10.6. The highest BCUT2D eigenvalue weighted by atomic mass is 79.9. The number of nitrogens with zero attached hydrogens (tertiary/aromatic N) is 6. The Morgan fingerprint density at radius 3 is 2.50 bits per heavy atom. The van der Waals surface area contributed by atoms with Crippen molar-refractivity contribution in [1.82, 2.24) is 4.98 Å². The van der Waals surface area contributed by atoms with E-state index in [0.717, 1.165) is 36.7 Å². The molecule has 2 heterocycles. The summed E-state index contributed by atoms with van der Waals surface area (Å²) in [7, 11) is 0. The topological polar surface area (TPSA) is 87.9 Å². The van der Waals surface area contributed by atoms with Crippen LogP contribution < -0.4 is 26.4 Å². The van der Waals surface area contributed by atoms with E-state index < -0.39 is 4.92 Å². The van der Waals surface area contributed by atoms with Crippen molar-refractivity contribution in [3.05, 3.63) is 71.2 Å². The summed E-state index contributed by atoms with van der Waals surface area (Å²) in [6.07, 6.45) is 5.30. The number of anilines is 1. The molecule has 0 radical (unpaired) electrons. The fourth-order valence-electron chi connectivity index (χ4n) is 2.51. The summed E-state index contributed by atoms with van der Waals surface area (Å²) in [5.74, 6) is 0. The van der Waals surface area contributed by atoms with Gasteiger partial charge in [0.15, 0.2) is 18.9 Å². The quantitative estimate of drug-likeness (QED) is 0.218. The van der Waals surface area contributed by atoms with Crippen molar-refractivity contribution in [2.45, 2.75) is 13.5 Å². The van der Waals surface area contributed by atoms with E-state index in [-0.39, 0.29) is 27.1 Å². The maximum atomic E-state index is 10.7. The molecular weight excluding hydrogens is 444 g/mol. The highest BCUT2D eigenvalue weighted by Gasteiger charge is 2.11. The lowest BCUT2D eigenvalue weighted by Crippen LogP contribution is -3.00. The predicted octanol–water partition coefficient (Wildman–Crippen LogP) is 1.28. The first-order valence-corrected chi connectivity index (χ1v) is 9.28. The summed E-state index contributed by atoms with van der Waals surface area (Å²) in [5.41, 5.74) is 1.78. The Balaban J connectivity index is 0.00000280. The van der Waals surface area contributed by atoms with Crippen LogP contribution in [-0.4, -0.2) is 23.0 Å². The number of rotatable bonds is 8. The summed E-state index contributed by atoms with van der Waals surface area (Å²) >= 11 is 0.895. The highest BCUT2D eigenvalue weighted by molar-refractivity contribution is 7.18. The molecule has 0 amide bonds. The van der Waals surface area contributed by atoms with Crippen molar-refractivity contribution < 1.29 is 26.5 Å². The number of thiazole rings is 1. The number of pyridine rings is 1. The van der Waals surface area contributed by atoms with Crippen LogP contribution in [0, 0.1) is 10.1 Å². The number of hydrogen-bond acceptors (Lipinski definition) is 7.